The van der Waals surface area contributed by atoms with Crippen molar-refractivity contribution in [2.24, 2.45) is 4.99 Å². The number of piperidine rings is 1. The largest absolute Gasteiger partial charge is 0.352 e. The number of likely N-dealkylation sites (tertiary alicyclic amines) is 1. The van der Waals surface area contributed by atoms with Crippen LogP contribution in [0.3, 0.4) is 0 Å². The molecule has 1 aliphatic heterocycles. The van der Waals surface area contributed by atoms with Gasteiger partial charge >= 0.3 is 0 Å². The van der Waals surface area contributed by atoms with E-state index in [9.17, 15) is 0 Å². The summed E-state index contributed by atoms with van der Waals surface area (Å²) in [6.07, 6.45) is 9.57. The monoisotopic (exact) mass is 363 g/mol. The lowest BCUT2D eigenvalue weighted by Gasteiger charge is -2.40. The number of aryl methyl sites for hydroxylation is 2. The summed E-state index contributed by atoms with van der Waals surface area (Å²) in [5, 5.41) is 8.26. The van der Waals surface area contributed by atoms with Crippen LogP contribution in [0.15, 0.2) is 4.99 Å². The Labute approximate surface area is 156 Å². The Balaban J connectivity index is 1.49. The van der Waals surface area contributed by atoms with E-state index < -0.39 is 0 Å². The van der Waals surface area contributed by atoms with Gasteiger partial charge in [-0.1, -0.05) is 19.3 Å². The maximum atomic E-state index is 4.50. The number of nitrogens with one attached hydrogen (secondary N) is 2. The fraction of sp³-hybridized carbons (Fsp3) is 0.789. The highest BCUT2D eigenvalue weighted by atomic mass is 32.1. The summed E-state index contributed by atoms with van der Waals surface area (Å²) < 4.78 is 0. The molecule has 25 heavy (non-hydrogen) atoms. The number of thiazole rings is 1. The third kappa shape index (κ3) is 5.17. The van der Waals surface area contributed by atoms with E-state index in [-0.39, 0.29) is 0 Å². The SMILES string of the molecule is CN=C(NCc1sc(C)nc1C)NC1CCCN(C2CCCCC2)C1. The summed E-state index contributed by atoms with van der Waals surface area (Å²) in [6.45, 7) is 7.38. The predicted octanol–water partition coefficient (Wildman–Crippen LogP) is 3.22. The van der Waals surface area contributed by atoms with E-state index in [2.05, 4.69) is 39.4 Å². The Morgan fingerprint density at radius 2 is 2.00 bits per heavy atom. The third-order valence-corrected chi connectivity index (χ3v) is 6.60. The molecular formula is C19H33N5S. The van der Waals surface area contributed by atoms with Crippen molar-refractivity contribution in [1.82, 2.24) is 20.5 Å². The second-order valence-electron chi connectivity index (χ2n) is 7.44. The number of aliphatic imine (C=N–C) groups is 1. The Morgan fingerprint density at radius 3 is 2.68 bits per heavy atom. The summed E-state index contributed by atoms with van der Waals surface area (Å²) >= 11 is 1.77. The van der Waals surface area contributed by atoms with Crippen LogP contribution in [0.2, 0.25) is 0 Å². The average Bonchev–Trinajstić information content (AvgIpc) is 2.97. The first-order chi connectivity index (χ1) is 12.2. The van der Waals surface area contributed by atoms with Gasteiger partial charge in [0, 0.05) is 30.6 Å². The van der Waals surface area contributed by atoms with Crippen LogP contribution in [-0.2, 0) is 6.54 Å². The highest BCUT2D eigenvalue weighted by Crippen LogP contribution is 2.25. The van der Waals surface area contributed by atoms with E-state index >= 15 is 0 Å². The molecule has 2 fully saturated rings. The molecule has 2 heterocycles. The molecule has 1 unspecified atom stereocenters. The van der Waals surface area contributed by atoms with Crippen LogP contribution in [0, 0.1) is 13.8 Å². The fourth-order valence-corrected chi connectivity index (χ4v) is 5.07. The minimum absolute atomic E-state index is 0.506. The molecule has 140 valence electrons. The van der Waals surface area contributed by atoms with Crippen molar-refractivity contribution >= 4 is 17.3 Å². The lowest BCUT2D eigenvalue weighted by Crippen LogP contribution is -2.53. The molecular weight excluding hydrogens is 330 g/mol. The number of aromatic nitrogens is 1. The quantitative estimate of drug-likeness (QED) is 0.637. The van der Waals surface area contributed by atoms with Crippen LogP contribution in [-0.4, -0.2) is 48.1 Å². The van der Waals surface area contributed by atoms with Crippen LogP contribution in [0.4, 0.5) is 0 Å². The Kier molecular flexibility index (Phi) is 6.70. The molecule has 0 aromatic carbocycles. The van der Waals surface area contributed by atoms with Crippen LogP contribution < -0.4 is 10.6 Å². The standard InChI is InChI=1S/C19H33N5S/c1-14-18(25-15(2)22-14)12-21-19(20-3)23-16-8-7-11-24(13-16)17-9-5-4-6-10-17/h16-17H,4-13H2,1-3H3,(H2,20,21,23). The van der Waals surface area contributed by atoms with Crippen LogP contribution >= 0.6 is 11.3 Å². The van der Waals surface area contributed by atoms with Gasteiger partial charge in [0.15, 0.2) is 5.96 Å². The summed E-state index contributed by atoms with van der Waals surface area (Å²) in [6, 6.07) is 1.32. The number of hydrogen-bond donors (Lipinski definition) is 2. The highest BCUT2D eigenvalue weighted by Gasteiger charge is 2.27. The van der Waals surface area contributed by atoms with Crippen molar-refractivity contribution in [1.29, 1.82) is 0 Å². The Bertz CT molecular complexity index is 576. The summed E-state index contributed by atoms with van der Waals surface area (Å²) in [5.74, 6) is 0.918. The van der Waals surface area contributed by atoms with Gasteiger partial charge in [0.05, 0.1) is 17.2 Å². The Hall–Kier alpha value is -1.14. The molecule has 0 spiro atoms. The molecule has 0 radical (unpaired) electrons. The lowest BCUT2D eigenvalue weighted by molar-refractivity contribution is 0.115. The van der Waals surface area contributed by atoms with Gasteiger partial charge in [-0.25, -0.2) is 4.98 Å². The molecule has 1 saturated carbocycles. The van der Waals surface area contributed by atoms with Crippen molar-refractivity contribution < 1.29 is 0 Å². The van der Waals surface area contributed by atoms with E-state index in [1.807, 2.05) is 7.05 Å². The van der Waals surface area contributed by atoms with E-state index in [0.717, 1.165) is 35.8 Å². The molecule has 0 amide bonds. The van der Waals surface area contributed by atoms with Crippen molar-refractivity contribution in [3.63, 3.8) is 0 Å². The van der Waals surface area contributed by atoms with Gasteiger partial charge in [-0.2, -0.15) is 0 Å². The molecule has 1 aromatic heterocycles. The predicted molar refractivity (Wildman–Crippen MR) is 106 cm³/mol. The van der Waals surface area contributed by atoms with Gasteiger partial charge in [-0.15, -0.1) is 11.3 Å². The number of hydrogen-bond acceptors (Lipinski definition) is 4. The second-order valence-corrected chi connectivity index (χ2v) is 8.73. The zero-order valence-corrected chi connectivity index (χ0v) is 16.8. The highest BCUT2D eigenvalue weighted by molar-refractivity contribution is 7.11. The molecule has 1 saturated heterocycles. The van der Waals surface area contributed by atoms with Gasteiger partial charge < -0.3 is 10.6 Å². The maximum Gasteiger partial charge on any atom is 0.191 e. The van der Waals surface area contributed by atoms with Gasteiger partial charge in [0.1, 0.15) is 0 Å². The van der Waals surface area contributed by atoms with Crippen LogP contribution in [0.25, 0.3) is 0 Å². The number of rotatable bonds is 4. The van der Waals surface area contributed by atoms with Gasteiger partial charge in [-0.3, -0.25) is 9.89 Å². The second kappa shape index (κ2) is 8.99. The average molecular weight is 364 g/mol. The zero-order chi connectivity index (χ0) is 17.6. The fourth-order valence-electron chi connectivity index (χ4n) is 4.19. The summed E-state index contributed by atoms with van der Waals surface area (Å²) in [7, 11) is 1.86. The van der Waals surface area contributed by atoms with Crippen molar-refractivity contribution in [2.45, 2.75) is 77.4 Å². The third-order valence-electron chi connectivity index (χ3n) is 5.52. The molecule has 1 aliphatic carbocycles. The van der Waals surface area contributed by atoms with Crippen molar-refractivity contribution in [2.75, 3.05) is 20.1 Å². The topological polar surface area (TPSA) is 52.6 Å². The maximum absolute atomic E-state index is 4.50. The van der Waals surface area contributed by atoms with E-state index in [4.69, 9.17) is 0 Å². The Morgan fingerprint density at radius 1 is 1.20 bits per heavy atom. The minimum atomic E-state index is 0.506. The minimum Gasteiger partial charge on any atom is -0.352 e. The lowest BCUT2D eigenvalue weighted by atomic mass is 9.92. The molecule has 1 atom stereocenters. The normalized spacial score (nSPS) is 23.6. The van der Waals surface area contributed by atoms with Gasteiger partial charge in [-0.05, 0) is 46.1 Å². The van der Waals surface area contributed by atoms with Gasteiger partial charge in [0.25, 0.3) is 0 Å². The zero-order valence-electron chi connectivity index (χ0n) is 16.0. The molecule has 2 N–H and O–H groups in total. The van der Waals surface area contributed by atoms with Gasteiger partial charge in [0.2, 0.25) is 0 Å². The first-order valence-electron chi connectivity index (χ1n) is 9.80. The smallest absolute Gasteiger partial charge is 0.191 e. The number of guanidine groups is 1. The van der Waals surface area contributed by atoms with E-state index in [0.29, 0.717) is 6.04 Å². The van der Waals surface area contributed by atoms with Crippen LogP contribution in [0.5, 0.6) is 0 Å². The number of nitrogens with zero attached hydrogens (tertiary/aromatic N) is 3. The first kappa shape index (κ1) is 18.6. The molecule has 0 bridgehead atoms. The summed E-state index contributed by atoms with van der Waals surface area (Å²) in [5.41, 5.74) is 1.13. The molecule has 1 aromatic rings. The first-order valence-corrected chi connectivity index (χ1v) is 10.6. The molecule has 6 heteroatoms. The molecule has 3 rings (SSSR count). The van der Waals surface area contributed by atoms with E-state index in [1.165, 1.54) is 56.4 Å². The summed E-state index contributed by atoms with van der Waals surface area (Å²) in [4.78, 5) is 13.0. The molecule has 5 nitrogen and oxygen atoms in total. The molecule has 2 aliphatic rings. The van der Waals surface area contributed by atoms with Crippen molar-refractivity contribution in [3.05, 3.63) is 15.6 Å². The van der Waals surface area contributed by atoms with Crippen molar-refractivity contribution in [3.8, 4) is 0 Å². The van der Waals surface area contributed by atoms with E-state index in [1.54, 1.807) is 11.3 Å². The van der Waals surface area contributed by atoms with Crippen LogP contribution in [0.1, 0.15) is 60.5 Å².